The summed E-state index contributed by atoms with van der Waals surface area (Å²) in [4.78, 5) is 23.5. The van der Waals surface area contributed by atoms with E-state index in [2.05, 4.69) is 38.9 Å². The normalized spacial score (nSPS) is 18.4. The van der Waals surface area contributed by atoms with Gasteiger partial charge >= 0.3 is 0 Å². The molecule has 4 rings (SSSR count). The highest BCUT2D eigenvalue weighted by Gasteiger charge is 2.32. The van der Waals surface area contributed by atoms with E-state index in [1.54, 1.807) is 0 Å². The van der Waals surface area contributed by atoms with E-state index in [9.17, 15) is 9.59 Å². The molecule has 29 heavy (non-hydrogen) atoms. The summed E-state index contributed by atoms with van der Waals surface area (Å²) in [5, 5.41) is 18.8. The molecule has 1 aliphatic carbocycles. The number of benzene rings is 1. The van der Waals surface area contributed by atoms with Crippen LogP contribution in [0.2, 0.25) is 0 Å². The Morgan fingerprint density at radius 1 is 1.28 bits per heavy atom. The first-order valence-corrected chi connectivity index (χ1v) is 10.1. The Hall–Kier alpha value is -3.16. The van der Waals surface area contributed by atoms with Gasteiger partial charge in [0.1, 0.15) is 5.82 Å². The minimum Gasteiger partial charge on any atom is -0.354 e. The van der Waals surface area contributed by atoms with Crippen LogP contribution in [0.5, 0.6) is 0 Å². The van der Waals surface area contributed by atoms with E-state index in [4.69, 9.17) is 0 Å². The molecule has 8 heteroatoms. The highest BCUT2D eigenvalue weighted by molar-refractivity contribution is 5.90. The Balaban J connectivity index is 1.31. The summed E-state index contributed by atoms with van der Waals surface area (Å²) in [5.74, 6) is 0.839. The van der Waals surface area contributed by atoms with Gasteiger partial charge < -0.3 is 10.6 Å². The average Bonchev–Trinajstić information content (AvgIpc) is 3.27. The van der Waals surface area contributed by atoms with Crippen LogP contribution in [0.1, 0.15) is 50.4 Å². The molecule has 1 aliphatic rings. The second kappa shape index (κ2) is 8.06. The van der Waals surface area contributed by atoms with Gasteiger partial charge in [-0.2, -0.15) is 10.2 Å². The molecular weight excluding hydrogens is 368 g/mol. The van der Waals surface area contributed by atoms with Crippen LogP contribution in [0, 0.1) is 0 Å². The van der Waals surface area contributed by atoms with Crippen LogP contribution in [-0.4, -0.2) is 37.8 Å². The number of nitrogens with one attached hydrogen (secondary N) is 3. The average molecular weight is 394 g/mol. The van der Waals surface area contributed by atoms with Gasteiger partial charge in [0, 0.05) is 36.8 Å². The second-order valence-electron chi connectivity index (χ2n) is 7.61. The zero-order valence-electron chi connectivity index (χ0n) is 16.7. The van der Waals surface area contributed by atoms with E-state index < -0.39 is 0 Å². The maximum Gasteiger partial charge on any atom is 0.227 e. The number of H-pyrrole nitrogens is 1. The van der Waals surface area contributed by atoms with Crippen LogP contribution in [0.3, 0.4) is 0 Å². The van der Waals surface area contributed by atoms with E-state index in [1.165, 1.54) is 6.92 Å². The number of aromatic amines is 1. The van der Waals surface area contributed by atoms with Crippen molar-refractivity contribution in [3.8, 4) is 0 Å². The molecule has 0 atom stereocenters. The van der Waals surface area contributed by atoms with Crippen molar-refractivity contribution < 1.29 is 9.59 Å². The van der Waals surface area contributed by atoms with Crippen molar-refractivity contribution in [1.29, 1.82) is 0 Å². The standard InChI is InChI=1S/C21H26N6O2/c1-3-17-16-6-4-5-7-19(16)27(26-17)9-8-21(29)23-20-12-18(24-25-20)14-10-15(11-14)22-13(2)28/h4-7,12,14-15H,3,8-11H2,1-2H3,(H,22,28)(H2,23,24,25,29)/t14-,15+. The predicted molar refractivity (Wildman–Crippen MR) is 111 cm³/mol. The van der Waals surface area contributed by atoms with Crippen LogP contribution in [0.15, 0.2) is 30.3 Å². The molecule has 2 heterocycles. The fraction of sp³-hybridized carbons (Fsp3) is 0.429. The van der Waals surface area contributed by atoms with Crippen LogP contribution in [0.4, 0.5) is 5.82 Å². The molecule has 1 fully saturated rings. The fourth-order valence-corrected chi connectivity index (χ4v) is 3.92. The van der Waals surface area contributed by atoms with E-state index in [0.29, 0.717) is 24.7 Å². The molecule has 0 aliphatic heterocycles. The van der Waals surface area contributed by atoms with Crippen molar-refractivity contribution in [2.45, 2.75) is 58.0 Å². The summed E-state index contributed by atoms with van der Waals surface area (Å²) in [6.45, 7) is 4.14. The van der Waals surface area contributed by atoms with Crippen molar-refractivity contribution in [2.75, 3.05) is 5.32 Å². The second-order valence-corrected chi connectivity index (χ2v) is 7.61. The lowest BCUT2D eigenvalue weighted by Crippen LogP contribution is -2.42. The molecule has 1 saturated carbocycles. The molecule has 0 saturated heterocycles. The summed E-state index contributed by atoms with van der Waals surface area (Å²) in [5.41, 5.74) is 3.03. The van der Waals surface area contributed by atoms with Crippen molar-refractivity contribution in [2.24, 2.45) is 0 Å². The number of carbonyl (C=O) groups excluding carboxylic acids is 2. The zero-order valence-corrected chi connectivity index (χ0v) is 16.7. The van der Waals surface area contributed by atoms with Crippen molar-refractivity contribution in [1.82, 2.24) is 25.3 Å². The van der Waals surface area contributed by atoms with Gasteiger partial charge in [0.2, 0.25) is 11.8 Å². The van der Waals surface area contributed by atoms with Gasteiger partial charge in [-0.1, -0.05) is 25.1 Å². The number of amides is 2. The first kappa shape index (κ1) is 19.2. The molecule has 3 aromatic rings. The zero-order chi connectivity index (χ0) is 20.4. The first-order chi connectivity index (χ1) is 14.0. The van der Waals surface area contributed by atoms with Gasteiger partial charge in [0.25, 0.3) is 0 Å². The smallest absolute Gasteiger partial charge is 0.227 e. The summed E-state index contributed by atoms with van der Waals surface area (Å²) >= 11 is 0. The van der Waals surface area contributed by atoms with Crippen molar-refractivity contribution >= 4 is 28.5 Å². The summed E-state index contributed by atoms with van der Waals surface area (Å²) in [6, 6.07) is 10.2. The molecule has 2 amide bonds. The summed E-state index contributed by atoms with van der Waals surface area (Å²) in [7, 11) is 0. The van der Waals surface area contributed by atoms with Crippen molar-refractivity contribution in [3.63, 3.8) is 0 Å². The number of para-hydroxylation sites is 1. The highest BCUT2D eigenvalue weighted by atomic mass is 16.2. The van der Waals surface area contributed by atoms with E-state index in [-0.39, 0.29) is 17.9 Å². The Morgan fingerprint density at radius 2 is 2.07 bits per heavy atom. The van der Waals surface area contributed by atoms with Gasteiger partial charge in [-0.05, 0) is 25.3 Å². The number of carbonyl (C=O) groups is 2. The third-order valence-electron chi connectivity index (χ3n) is 5.46. The molecule has 0 spiro atoms. The van der Waals surface area contributed by atoms with Crippen molar-refractivity contribution in [3.05, 3.63) is 41.7 Å². The Kier molecular flexibility index (Phi) is 5.33. The van der Waals surface area contributed by atoms with E-state index in [1.807, 2.05) is 28.9 Å². The van der Waals surface area contributed by atoms with Gasteiger partial charge in [-0.25, -0.2) is 0 Å². The van der Waals surface area contributed by atoms with Gasteiger partial charge in [-0.15, -0.1) is 0 Å². The van der Waals surface area contributed by atoms with Crippen LogP contribution < -0.4 is 10.6 Å². The maximum atomic E-state index is 12.4. The quantitative estimate of drug-likeness (QED) is 0.573. The number of anilines is 1. The number of aromatic nitrogens is 4. The van der Waals surface area contributed by atoms with Crippen LogP contribution >= 0.6 is 0 Å². The third-order valence-corrected chi connectivity index (χ3v) is 5.46. The minimum atomic E-state index is -0.0810. The minimum absolute atomic E-state index is 0.000511. The van der Waals surface area contributed by atoms with E-state index in [0.717, 1.165) is 41.6 Å². The maximum absolute atomic E-state index is 12.4. The Morgan fingerprint density at radius 3 is 2.83 bits per heavy atom. The number of nitrogens with zero attached hydrogens (tertiary/aromatic N) is 3. The predicted octanol–water partition coefficient (Wildman–Crippen LogP) is 2.73. The number of rotatable bonds is 7. The molecule has 152 valence electrons. The van der Waals surface area contributed by atoms with E-state index >= 15 is 0 Å². The van der Waals surface area contributed by atoms with Crippen LogP contribution in [-0.2, 0) is 22.6 Å². The number of hydrogen-bond acceptors (Lipinski definition) is 4. The Labute approximate surface area is 169 Å². The lowest BCUT2D eigenvalue weighted by atomic mass is 9.78. The molecule has 3 N–H and O–H groups in total. The molecular formula is C21H26N6O2. The molecule has 0 radical (unpaired) electrons. The largest absolute Gasteiger partial charge is 0.354 e. The fourth-order valence-electron chi connectivity index (χ4n) is 3.92. The van der Waals surface area contributed by atoms with Gasteiger partial charge in [-0.3, -0.25) is 19.4 Å². The number of fused-ring (bicyclic) bond motifs is 1. The highest BCUT2D eigenvalue weighted by Crippen LogP contribution is 2.36. The third kappa shape index (κ3) is 4.16. The molecule has 0 unspecified atom stereocenters. The summed E-state index contributed by atoms with van der Waals surface area (Å²) in [6.07, 6.45) is 2.95. The summed E-state index contributed by atoms with van der Waals surface area (Å²) < 4.78 is 1.91. The first-order valence-electron chi connectivity index (χ1n) is 10.1. The SMILES string of the molecule is CCc1nn(CCC(=O)Nc2cc([C@H]3C[C@@H](NC(C)=O)C3)n[nH]2)c2ccccc12. The lowest BCUT2D eigenvalue weighted by molar-refractivity contribution is -0.120. The number of hydrogen-bond donors (Lipinski definition) is 3. The Bertz CT molecular complexity index is 1030. The topological polar surface area (TPSA) is 105 Å². The molecule has 1 aromatic carbocycles. The number of aryl methyl sites for hydroxylation is 2. The monoisotopic (exact) mass is 394 g/mol. The molecule has 8 nitrogen and oxygen atoms in total. The molecule has 2 aromatic heterocycles. The van der Waals surface area contributed by atoms with Crippen LogP contribution in [0.25, 0.3) is 10.9 Å². The van der Waals surface area contributed by atoms with Gasteiger partial charge in [0.15, 0.2) is 0 Å². The lowest BCUT2D eigenvalue weighted by Gasteiger charge is -2.34. The van der Waals surface area contributed by atoms with Gasteiger partial charge in [0.05, 0.1) is 23.4 Å². The molecule has 0 bridgehead atoms.